The van der Waals surface area contributed by atoms with Crippen LogP contribution in [0.1, 0.15) is 26.2 Å². The van der Waals surface area contributed by atoms with Crippen LogP contribution in [0, 0.1) is 0 Å². The molecule has 0 amide bonds. The molecule has 0 aromatic rings. The highest BCUT2D eigenvalue weighted by Gasteiger charge is 2.50. The fraction of sp³-hybridized carbons (Fsp3) is 1.00. The molecule has 0 aliphatic carbocycles. The Balaban J connectivity index is 2.02. The minimum atomic E-state index is -1.69. The smallest absolute Gasteiger partial charge is 0.187 e. The lowest BCUT2D eigenvalue weighted by Gasteiger charge is -2.45. The van der Waals surface area contributed by atoms with Crippen LogP contribution in [-0.4, -0.2) is 117 Å². The van der Waals surface area contributed by atoms with E-state index in [1.54, 1.807) is 0 Å². The van der Waals surface area contributed by atoms with Crippen LogP contribution in [0.4, 0.5) is 0 Å². The molecule has 0 aromatic heterocycles. The minimum Gasteiger partial charge on any atom is -0.394 e. The maximum Gasteiger partial charge on any atom is 0.187 e. The predicted molar refractivity (Wildman–Crippen MR) is 91.9 cm³/mol. The van der Waals surface area contributed by atoms with Gasteiger partial charge in [-0.1, -0.05) is 19.8 Å². The van der Waals surface area contributed by atoms with Crippen molar-refractivity contribution in [2.75, 3.05) is 19.8 Å². The van der Waals surface area contributed by atoms with Crippen molar-refractivity contribution >= 4 is 0 Å². The first-order valence-electron chi connectivity index (χ1n) is 9.55. The third kappa shape index (κ3) is 5.37. The zero-order valence-corrected chi connectivity index (χ0v) is 15.8. The average molecular weight is 412 g/mol. The summed E-state index contributed by atoms with van der Waals surface area (Å²) in [4.78, 5) is 0. The van der Waals surface area contributed by atoms with Crippen molar-refractivity contribution in [3.63, 3.8) is 0 Å². The molecule has 10 atom stereocenters. The first kappa shape index (κ1) is 23.8. The van der Waals surface area contributed by atoms with Crippen LogP contribution in [0.25, 0.3) is 0 Å². The molecule has 2 saturated heterocycles. The Labute approximate surface area is 163 Å². The molecular weight excluding hydrogens is 380 g/mol. The van der Waals surface area contributed by atoms with Crippen molar-refractivity contribution in [1.29, 1.82) is 0 Å². The lowest BCUT2D eigenvalue weighted by molar-refractivity contribution is -0.359. The van der Waals surface area contributed by atoms with Crippen LogP contribution >= 0.6 is 0 Å². The van der Waals surface area contributed by atoms with Gasteiger partial charge in [0.2, 0.25) is 0 Å². The SMILES string of the molecule is CCCCCO[C@@H]1OC(CO)[C@@H](O[C@H]2OC(CO)[C@@H](O)C(O)C2O)C(O)C1O. The second kappa shape index (κ2) is 11.1. The third-order valence-electron chi connectivity index (χ3n) is 4.99. The van der Waals surface area contributed by atoms with E-state index in [9.17, 15) is 35.7 Å². The highest BCUT2D eigenvalue weighted by atomic mass is 16.7. The summed E-state index contributed by atoms with van der Waals surface area (Å²) < 4.78 is 21.6. The molecule has 2 aliphatic heterocycles. The molecule has 2 heterocycles. The Morgan fingerprint density at radius 1 is 0.714 bits per heavy atom. The standard InChI is InChI=1S/C17H32O11/c1-2-3-4-5-25-16-14(24)12(22)15(9(7-19)27-16)28-17-13(23)11(21)10(20)8(6-18)26-17/h8-24H,2-7H2,1H3/t8?,9?,10-,11?,12?,13?,14?,15-,16-,17-/m1/s1. The van der Waals surface area contributed by atoms with Crippen molar-refractivity contribution < 1.29 is 54.7 Å². The Morgan fingerprint density at radius 3 is 1.93 bits per heavy atom. The molecule has 0 spiro atoms. The van der Waals surface area contributed by atoms with Gasteiger partial charge in [-0.15, -0.1) is 0 Å². The van der Waals surface area contributed by atoms with Crippen molar-refractivity contribution in [3.8, 4) is 0 Å². The van der Waals surface area contributed by atoms with Gasteiger partial charge in [-0.25, -0.2) is 0 Å². The van der Waals surface area contributed by atoms with Crippen molar-refractivity contribution in [3.05, 3.63) is 0 Å². The van der Waals surface area contributed by atoms with Crippen LogP contribution in [0.2, 0.25) is 0 Å². The van der Waals surface area contributed by atoms with Gasteiger partial charge < -0.3 is 54.7 Å². The highest BCUT2D eigenvalue weighted by molar-refractivity contribution is 4.94. The molecule has 2 rings (SSSR count). The molecule has 2 aliphatic rings. The van der Waals surface area contributed by atoms with E-state index < -0.39 is 74.6 Å². The quantitative estimate of drug-likeness (QED) is 0.190. The summed E-state index contributed by atoms with van der Waals surface area (Å²) in [7, 11) is 0. The zero-order valence-electron chi connectivity index (χ0n) is 15.8. The molecule has 11 heteroatoms. The van der Waals surface area contributed by atoms with E-state index in [4.69, 9.17) is 18.9 Å². The molecule has 11 nitrogen and oxygen atoms in total. The van der Waals surface area contributed by atoms with Gasteiger partial charge in [0.05, 0.1) is 13.2 Å². The molecule has 28 heavy (non-hydrogen) atoms. The summed E-state index contributed by atoms with van der Waals surface area (Å²) in [6.07, 6.45) is -11.6. The summed E-state index contributed by atoms with van der Waals surface area (Å²) >= 11 is 0. The van der Waals surface area contributed by atoms with E-state index in [1.165, 1.54) is 0 Å². The Hall–Kier alpha value is -0.440. The molecule has 166 valence electrons. The van der Waals surface area contributed by atoms with Gasteiger partial charge in [0.25, 0.3) is 0 Å². The number of rotatable bonds is 9. The van der Waals surface area contributed by atoms with E-state index in [2.05, 4.69) is 0 Å². The molecular formula is C17H32O11. The second-order valence-electron chi connectivity index (χ2n) is 7.08. The number of aliphatic hydroxyl groups is 7. The molecule has 0 saturated carbocycles. The topological polar surface area (TPSA) is 179 Å². The van der Waals surface area contributed by atoms with Gasteiger partial charge in [0.15, 0.2) is 12.6 Å². The van der Waals surface area contributed by atoms with E-state index >= 15 is 0 Å². The molecule has 2 fully saturated rings. The molecule has 7 N–H and O–H groups in total. The first-order valence-corrected chi connectivity index (χ1v) is 9.55. The number of aliphatic hydroxyl groups excluding tert-OH is 7. The molecule has 0 aromatic carbocycles. The Bertz CT molecular complexity index is 449. The average Bonchev–Trinajstić information content (AvgIpc) is 2.70. The predicted octanol–water partition coefficient (Wildman–Crippen LogP) is -3.18. The van der Waals surface area contributed by atoms with Crippen molar-refractivity contribution in [2.45, 2.75) is 87.6 Å². The van der Waals surface area contributed by atoms with E-state index in [0.717, 1.165) is 19.3 Å². The molecule has 0 bridgehead atoms. The van der Waals surface area contributed by atoms with Gasteiger partial charge >= 0.3 is 0 Å². The Kier molecular flexibility index (Phi) is 9.44. The fourth-order valence-corrected chi connectivity index (χ4v) is 3.24. The lowest BCUT2D eigenvalue weighted by Crippen LogP contribution is -2.64. The fourth-order valence-electron chi connectivity index (χ4n) is 3.24. The van der Waals surface area contributed by atoms with Crippen LogP contribution in [0.5, 0.6) is 0 Å². The van der Waals surface area contributed by atoms with Crippen LogP contribution in [-0.2, 0) is 18.9 Å². The number of unbranched alkanes of at least 4 members (excludes halogenated alkanes) is 2. The largest absolute Gasteiger partial charge is 0.394 e. The van der Waals surface area contributed by atoms with Gasteiger partial charge in [-0.3, -0.25) is 0 Å². The maximum absolute atomic E-state index is 10.4. The number of ether oxygens (including phenoxy) is 4. The lowest BCUT2D eigenvalue weighted by atomic mass is 9.97. The van der Waals surface area contributed by atoms with Gasteiger partial charge in [0, 0.05) is 6.61 Å². The zero-order chi connectivity index (χ0) is 20.8. The third-order valence-corrected chi connectivity index (χ3v) is 4.99. The van der Waals surface area contributed by atoms with Gasteiger partial charge in [-0.05, 0) is 6.42 Å². The van der Waals surface area contributed by atoms with Crippen LogP contribution < -0.4 is 0 Å². The summed E-state index contributed by atoms with van der Waals surface area (Å²) in [5.41, 5.74) is 0. The monoisotopic (exact) mass is 412 g/mol. The van der Waals surface area contributed by atoms with E-state index in [1.807, 2.05) is 6.92 Å². The summed E-state index contributed by atoms with van der Waals surface area (Å²) in [5, 5.41) is 69.2. The maximum atomic E-state index is 10.4. The van der Waals surface area contributed by atoms with Crippen LogP contribution in [0.3, 0.4) is 0 Å². The van der Waals surface area contributed by atoms with Crippen LogP contribution in [0.15, 0.2) is 0 Å². The summed E-state index contributed by atoms with van der Waals surface area (Å²) in [5.74, 6) is 0. The van der Waals surface area contributed by atoms with E-state index in [0.29, 0.717) is 6.61 Å². The Morgan fingerprint density at radius 2 is 1.32 bits per heavy atom. The summed E-state index contributed by atoms with van der Waals surface area (Å²) in [6.45, 7) is 1.10. The molecule has 0 radical (unpaired) electrons. The molecule has 6 unspecified atom stereocenters. The number of hydrogen-bond acceptors (Lipinski definition) is 11. The minimum absolute atomic E-state index is 0.304. The first-order chi connectivity index (χ1) is 13.3. The number of hydrogen-bond donors (Lipinski definition) is 7. The highest BCUT2D eigenvalue weighted by Crippen LogP contribution is 2.29. The normalized spacial score (nSPS) is 44.6. The second-order valence-corrected chi connectivity index (χ2v) is 7.08. The van der Waals surface area contributed by atoms with Crippen molar-refractivity contribution in [2.24, 2.45) is 0 Å². The van der Waals surface area contributed by atoms with Crippen molar-refractivity contribution in [1.82, 2.24) is 0 Å². The van der Waals surface area contributed by atoms with E-state index in [-0.39, 0.29) is 0 Å². The summed E-state index contributed by atoms with van der Waals surface area (Å²) in [6, 6.07) is 0. The van der Waals surface area contributed by atoms with Gasteiger partial charge in [-0.2, -0.15) is 0 Å². The van der Waals surface area contributed by atoms with Gasteiger partial charge in [0.1, 0.15) is 48.8 Å².